The van der Waals surface area contributed by atoms with Crippen molar-refractivity contribution in [2.45, 2.75) is 12.5 Å². The number of aromatic nitrogens is 4. The number of rotatable bonds is 5. The molecule has 2 aromatic heterocycles. The van der Waals surface area contributed by atoms with Gasteiger partial charge in [-0.05, 0) is 17.7 Å². The number of hydrogen-bond acceptors (Lipinski definition) is 8. The summed E-state index contributed by atoms with van der Waals surface area (Å²) in [5.74, 6) is 0.992. The van der Waals surface area contributed by atoms with Crippen LogP contribution in [0.4, 0.5) is 0 Å². The third-order valence-electron chi connectivity index (χ3n) is 4.32. The van der Waals surface area contributed by atoms with Crippen LogP contribution in [0, 0.1) is 0 Å². The minimum absolute atomic E-state index is 0.224. The number of esters is 1. The predicted octanol–water partition coefficient (Wildman–Crippen LogP) is 1.91. The molecule has 3 aromatic rings. The van der Waals surface area contributed by atoms with Crippen molar-refractivity contribution in [3.63, 3.8) is 0 Å². The highest BCUT2D eigenvalue weighted by Gasteiger charge is 2.32. The van der Waals surface area contributed by atoms with E-state index in [-0.39, 0.29) is 11.9 Å². The van der Waals surface area contributed by atoms with Crippen LogP contribution in [-0.4, -0.2) is 51.2 Å². The van der Waals surface area contributed by atoms with Crippen molar-refractivity contribution in [1.29, 1.82) is 0 Å². The fourth-order valence-corrected chi connectivity index (χ4v) is 2.90. The molecule has 1 saturated heterocycles. The van der Waals surface area contributed by atoms with E-state index in [2.05, 4.69) is 25.0 Å². The molecule has 0 saturated carbocycles. The van der Waals surface area contributed by atoms with E-state index in [1.807, 2.05) is 12.1 Å². The largest absolute Gasteiger partial charge is 0.465 e. The molecule has 3 heterocycles. The lowest BCUT2D eigenvalue weighted by molar-refractivity contribution is 0.0600. The van der Waals surface area contributed by atoms with E-state index in [0.29, 0.717) is 23.0 Å². The molecule has 1 aromatic carbocycles. The standard InChI is InChI=1S/C18H17N5O3/c1-25-18(24)13-4-2-12(3-5-13)9-23-10-14(11-23)17-21-16(22-26-17)15-8-19-6-7-20-15/h2-8,14H,9-11H2,1H3. The number of nitrogens with zero attached hydrogens (tertiary/aromatic N) is 5. The molecule has 1 aliphatic rings. The first-order valence-electron chi connectivity index (χ1n) is 8.22. The molecule has 26 heavy (non-hydrogen) atoms. The van der Waals surface area contributed by atoms with Gasteiger partial charge in [0.2, 0.25) is 11.7 Å². The molecule has 132 valence electrons. The summed E-state index contributed by atoms with van der Waals surface area (Å²) in [6.45, 7) is 2.50. The Morgan fingerprint density at radius 1 is 1.27 bits per heavy atom. The van der Waals surface area contributed by atoms with Gasteiger partial charge in [0.05, 0.1) is 24.8 Å². The number of likely N-dealkylation sites (tertiary alicyclic amines) is 1. The normalized spacial score (nSPS) is 14.8. The summed E-state index contributed by atoms with van der Waals surface area (Å²) >= 11 is 0. The Morgan fingerprint density at radius 2 is 2.08 bits per heavy atom. The Kier molecular flexibility index (Phi) is 4.40. The van der Waals surface area contributed by atoms with Crippen LogP contribution >= 0.6 is 0 Å². The average Bonchev–Trinajstić information content (AvgIpc) is 3.14. The summed E-state index contributed by atoms with van der Waals surface area (Å²) in [4.78, 5) is 26.3. The minimum atomic E-state index is -0.323. The Labute approximate surface area is 149 Å². The molecular formula is C18H17N5O3. The number of carbonyl (C=O) groups excluding carboxylic acids is 1. The smallest absolute Gasteiger partial charge is 0.337 e. The van der Waals surface area contributed by atoms with E-state index in [9.17, 15) is 4.79 Å². The van der Waals surface area contributed by atoms with E-state index < -0.39 is 0 Å². The topological polar surface area (TPSA) is 94.2 Å². The van der Waals surface area contributed by atoms with Crippen molar-refractivity contribution in [3.8, 4) is 11.5 Å². The van der Waals surface area contributed by atoms with Crippen LogP contribution in [0.5, 0.6) is 0 Å². The van der Waals surface area contributed by atoms with Gasteiger partial charge in [-0.25, -0.2) is 9.78 Å². The Morgan fingerprint density at radius 3 is 2.77 bits per heavy atom. The maximum Gasteiger partial charge on any atom is 0.337 e. The second kappa shape index (κ2) is 7.01. The van der Waals surface area contributed by atoms with Crippen LogP contribution in [0.3, 0.4) is 0 Å². The van der Waals surface area contributed by atoms with Crippen molar-refractivity contribution in [1.82, 2.24) is 25.0 Å². The third kappa shape index (κ3) is 3.31. The van der Waals surface area contributed by atoms with Gasteiger partial charge in [-0.2, -0.15) is 4.98 Å². The van der Waals surface area contributed by atoms with Crippen LogP contribution in [-0.2, 0) is 11.3 Å². The molecule has 0 radical (unpaired) electrons. The lowest BCUT2D eigenvalue weighted by Crippen LogP contribution is -2.44. The maximum absolute atomic E-state index is 11.5. The van der Waals surface area contributed by atoms with Crippen LogP contribution in [0.25, 0.3) is 11.5 Å². The van der Waals surface area contributed by atoms with Gasteiger partial charge in [0, 0.05) is 32.0 Å². The van der Waals surface area contributed by atoms with Gasteiger partial charge in [0.15, 0.2) is 0 Å². The highest BCUT2D eigenvalue weighted by molar-refractivity contribution is 5.89. The molecule has 0 unspecified atom stereocenters. The summed E-state index contributed by atoms with van der Waals surface area (Å²) in [5, 5.41) is 3.98. The molecule has 0 aliphatic carbocycles. The zero-order valence-corrected chi connectivity index (χ0v) is 14.2. The number of carbonyl (C=O) groups is 1. The number of benzene rings is 1. The van der Waals surface area contributed by atoms with Gasteiger partial charge >= 0.3 is 5.97 Å². The first kappa shape index (κ1) is 16.3. The fraction of sp³-hybridized carbons (Fsp3) is 0.278. The summed E-state index contributed by atoms with van der Waals surface area (Å²) in [6, 6.07) is 7.45. The van der Waals surface area contributed by atoms with Crippen molar-refractivity contribution < 1.29 is 14.1 Å². The van der Waals surface area contributed by atoms with Crippen molar-refractivity contribution in [3.05, 3.63) is 59.9 Å². The monoisotopic (exact) mass is 351 g/mol. The minimum Gasteiger partial charge on any atom is -0.465 e. The zero-order chi connectivity index (χ0) is 17.9. The van der Waals surface area contributed by atoms with E-state index in [0.717, 1.165) is 25.2 Å². The predicted molar refractivity (Wildman–Crippen MR) is 91.1 cm³/mol. The Balaban J connectivity index is 1.33. The number of methoxy groups -OCH3 is 1. The molecule has 0 N–H and O–H groups in total. The molecule has 0 bridgehead atoms. The van der Waals surface area contributed by atoms with Gasteiger partial charge in [-0.1, -0.05) is 17.3 Å². The Hall–Kier alpha value is -3.13. The summed E-state index contributed by atoms with van der Waals surface area (Å²) in [6.07, 6.45) is 4.81. The molecule has 8 heteroatoms. The van der Waals surface area contributed by atoms with Crippen molar-refractivity contribution in [2.24, 2.45) is 0 Å². The quantitative estimate of drug-likeness (QED) is 0.644. The van der Waals surface area contributed by atoms with Gasteiger partial charge in [-0.3, -0.25) is 9.88 Å². The lowest BCUT2D eigenvalue weighted by Gasteiger charge is -2.37. The zero-order valence-electron chi connectivity index (χ0n) is 14.2. The first-order chi connectivity index (χ1) is 12.7. The molecule has 0 amide bonds. The van der Waals surface area contributed by atoms with Crippen molar-refractivity contribution >= 4 is 5.97 Å². The maximum atomic E-state index is 11.5. The van der Waals surface area contributed by atoms with Crippen LogP contribution < -0.4 is 0 Å². The summed E-state index contributed by atoms with van der Waals surface area (Å²) in [5.41, 5.74) is 2.30. The van der Waals surface area contributed by atoms with E-state index in [4.69, 9.17) is 9.26 Å². The van der Waals surface area contributed by atoms with Gasteiger partial charge in [0.1, 0.15) is 5.69 Å². The first-order valence-corrected chi connectivity index (χ1v) is 8.22. The van der Waals surface area contributed by atoms with Gasteiger partial charge < -0.3 is 9.26 Å². The molecule has 1 aliphatic heterocycles. The summed E-state index contributed by atoms with van der Waals surface area (Å²) in [7, 11) is 1.38. The average molecular weight is 351 g/mol. The highest BCUT2D eigenvalue weighted by atomic mass is 16.5. The fourth-order valence-electron chi connectivity index (χ4n) is 2.90. The van der Waals surface area contributed by atoms with E-state index >= 15 is 0 Å². The highest BCUT2D eigenvalue weighted by Crippen LogP contribution is 2.28. The third-order valence-corrected chi connectivity index (χ3v) is 4.32. The molecule has 1 fully saturated rings. The van der Waals surface area contributed by atoms with E-state index in [1.165, 1.54) is 7.11 Å². The lowest BCUT2D eigenvalue weighted by atomic mass is 9.99. The van der Waals surface area contributed by atoms with Crippen LogP contribution in [0.1, 0.15) is 27.7 Å². The second-order valence-electron chi connectivity index (χ2n) is 6.13. The van der Waals surface area contributed by atoms with Gasteiger partial charge in [-0.15, -0.1) is 0 Å². The number of ether oxygens (including phenoxy) is 1. The SMILES string of the molecule is COC(=O)c1ccc(CN2CC(c3nc(-c4cnccn4)no3)C2)cc1. The second-order valence-corrected chi connectivity index (χ2v) is 6.13. The molecule has 0 spiro atoms. The Bertz CT molecular complexity index is 889. The molecular weight excluding hydrogens is 334 g/mol. The van der Waals surface area contributed by atoms with Crippen LogP contribution in [0.2, 0.25) is 0 Å². The molecule has 4 rings (SSSR count). The summed E-state index contributed by atoms with van der Waals surface area (Å²) < 4.78 is 10.1. The van der Waals surface area contributed by atoms with Crippen LogP contribution in [0.15, 0.2) is 47.4 Å². The van der Waals surface area contributed by atoms with Gasteiger partial charge in [0.25, 0.3) is 0 Å². The number of hydrogen-bond donors (Lipinski definition) is 0. The van der Waals surface area contributed by atoms with E-state index in [1.54, 1.807) is 30.7 Å². The molecule has 0 atom stereocenters. The molecule has 8 nitrogen and oxygen atoms in total. The van der Waals surface area contributed by atoms with Crippen molar-refractivity contribution in [2.75, 3.05) is 20.2 Å².